The molecule has 0 spiro atoms. The standard InChI is InChI=1S/C16H19BrClNO2/c1-16(2,3)19-9-12-5-6-13(21-12)10-20-15-7-4-11(18)8-14(15)17/h4-8,19H,9-10H2,1-3H3. The molecule has 0 aliphatic rings. The molecule has 2 rings (SSSR count). The Morgan fingerprint density at radius 3 is 2.57 bits per heavy atom. The van der Waals surface area contributed by atoms with E-state index in [1.807, 2.05) is 18.2 Å². The van der Waals surface area contributed by atoms with Gasteiger partial charge in [0.1, 0.15) is 23.9 Å². The van der Waals surface area contributed by atoms with E-state index in [1.54, 1.807) is 12.1 Å². The number of furan rings is 1. The van der Waals surface area contributed by atoms with E-state index in [0.29, 0.717) is 18.2 Å². The summed E-state index contributed by atoms with van der Waals surface area (Å²) in [6.45, 7) is 7.46. The SMILES string of the molecule is CC(C)(C)NCc1ccc(COc2ccc(Cl)cc2Br)o1. The van der Waals surface area contributed by atoms with Crippen LogP contribution in [0.15, 0.2) is 39.2 Å². The predicted octanol–water partition coefficient (Wildman–Crippen LogP) is 5.16. The van der Waals surface area contributed by atoms with Crippen LogP contribution >= 0.6 is 27.5 Å². The van der Waals surface area contributed by atoms with Gasteiger partial charge in [-0.1, -0.05) is 11.6 Å². The fourth-order valence-corrected chi connectivity index (χ4v) is 2.49. The molecule has 2 aromatic rings. The highest BCUT2D eigenvalue weighted by molar-refractivity contribution is 9.10. The third-order valence-electron chi connectivity index (χ3n) is 2.77. The lowest BCUT2D eigenvalue weighted by atomic mass is 10.1. The molecule has 114 valence electrons. The van der Waals surface area contributed by atoms with E-state index in [-0.39, 0.29) is 5.54 Å². The molecule has 1 heterocycles. The lowest BCUT2D eigenvalue weighted by Crippen LogP contribution is -2.34. The number of nitrogens with one attached hydrogen (secondary N) is 1. The molecule has 1 aromatic carbocycles. The topological polar surface area (TPSA) is 34.4 Å². The number of ether oxygens (including phenoxy) is 1. The van der Waals surface area contributed by atoms with Crippen LogP contribution in [0.5, 0.6) is 5.75 Å². The van der Waals surface area contributed by atoms with Crippen LogP contribution in [0.1, 0.15) is 32.3 Å². The molecule has 1 N–H and O–H groups in total. The molecule has 0 bridgehead atoms. The highest BCUT2D eigenvalue weighted by atomic mass is 79.9. The van der Waals surface area contributed by atoms with Crippen molar-refractivity contribution in [3.05, 3.63) is 51.3 Å². The number of hydrogen-bond acceptors (Lipinski definition) is 3. The maximum Gasteiger partial charge on any atom is 0.146 e. The highest BCUT2D eigenvalue weighted by Gasteiger charge is 2.11. The van der Waals surface area contributed by atoms with Crippen molar-refractivity contribution in [1.29, 1.82) is 0 Å². The minimum Gasteiger partial charge on any atom is -0.484 e. The second-order valence-electron chi connectivity index (χ2n) is 5.83. The Kier molecular flexibility index (Phi) is 5.36. The average Bonchev–Trinajstić information content (AvgIpc) is 2.82. The fourth-order valence-electron chi connectivity index (χ4n) is 1.69. The predicted molar refractivity (Wildman–Crippen MR) is 88.8 cm³/mol. The van der Waals surface area contributed by atoms with Gasteiger partial charge in [0, 0.05) is 10.6 Å². The smallest absolute Gasteiger partial charge is 0.146 e. The summed E-state index contributed by atoms with van der Waals surface area (Å²) >= 11 is 9.32. The van der Waals surface area contributed by atoms with Crippen molar-refractivity contribution >= 4 is 27.5 Å². The van der Waals surface area contributed by atoms with Crippen LogP contribution in [0.25, 0.3) is 0 Å². The van der Waals surface area contributed by atoms with E-state index in [4.69, 9.17) is 20.8 Å². The van der Waals surface area contributed by atoms with Crippen LogP contribution in [-0.4, -0.2) is 5.54 Å². The zero-order valence-electron chi connectivity index (χ0n) is 12.4. The number of benzene rings is 1. The molecule has 0 radical (unpaired) electrons. The molecule has 0 aliphatic heterocycles. The highest BCUT2D eigenvalue weighted by Crippen LogP contribution is 2.28. The molecule has 1 aromatic heterocycles. The van der Waals surface area contributed by atoms with Crippen molar-refractivity contribution in [3.63, 3.8) is 0 Å². The summed E-state index contributed by atoms with van der Waals surface area (Å²) in [6, 6.07) is 9.33. The molecule has 5 heteroatoms. The first-order valence-electron chi connectivity index (χ1n) is 6.74. The third-order valence-corrected chi connectivity index (χ3v) is 3.63. The van der Waals surface area contributed by atoms with Crippen molar-refractivity contribution in [2.45, 2.75) is 39.5 Å². The first-order chi connectivity index (χ1) is 9.83. The van der Waals surface area contributed by atoms with Gasteiger partial charge in [-0.3, -0.25) is 0 Å². The zero-order valence-corrected chi connectivity index (χ0v) is 14.7. The number of rotatable bonds is 5. The lowest BCUT2D eigenvalue weighted by molar-refractivity contribution is 0.261. The first kappa shape index (κ1) is 16.4. The number of hydrogen-bond donors (Lipinski definition) is 1. The normalized spacial score (nSPS) is 11.7. The molecule has 0 saturated carbocycles. The van der Waals surface area contributed by atoms with Crippen LogP contribution in [0.3, 0.4) is 0 Å². The van der Waals surface area contributed by atoms with Gasteiger partial charge in [0.05, 0.1) is 11.0 Å². The Labute approximate surface area is 138 Å². The van der Waals surface area contributed by atoms with Gasteiger partial charge < -0.3 is 14.5 Å². The van der Waals surface area contributed by atoms with Gasteiger partial charge in [0.15, 0.2) is 0 Å². The molecule has 0 atom stereocenters. The van der Waals surface area contributed by atoms with Gasteiger partial charge in [-0.15, -0.1) is 0 Å². The second-order valence-corrected chi connectivity index (χ2v) is 7.13. The third kappa shape index (κ3) is 5.38. The Balaban J connectivity index is 1.90. The summed E-state index contributed by atoms with van der Waals surface area (Å²) in [6.07, 6.45) is 0. The molecule has 0 unspecified atom stereocenters. The van der Waals surface area contributed by atoms with E-state index in [9.17, 15) is 0 Å². The summed E-state index contributed by atoms with van der Waals surface area (Å²) < 4.78 is 12.3. The van der Waals surface area contributed by atoms with Gasteiger partial charge in [-0.25, -0.2) is 0 Å². The van der Waals surface area contributed by atoms with Gasteiger partial charge in [-0.2, -0.15) is 0 Å². The van der Waals surface area contributed by atoms with E-state index >= 15 is 0 Å². The Hall–Kier alpha value is -0.970. The largest absolute Gasteiger partial charge is 0.484 e. The lowest BCUT2D eigenvalue weighted by Gasteiger charge is -2.19. The van der Waals surface area contributed by atoms with E-state index in [1.165, 1.54) is 0 Å². The van der Waals surface area contributed by atoms with Crippen molar-refractivity contribution in [2.24, 2.45) is 0 Å². The Bertz CT molecular complexity index is 605. The minimum atomic E-state index is 0.0671. The van der Waals surface area contributed by atoms with Gasteiger partial charge >= 0.3 is 0 Å². The average molecular weight is 373 g/mol. The van der Waals surface area contributed by atoms with Crippen LogP contribution < -0.4 is 10.1 Å². The van der Waals surface area contributed by atoms with E-state index in [2.05, 4.69) is 42.0 Å². The van der Waals surface area contributed by atoms with Crippen LogP contribution in [0.4, 0.5) is 0 Å². The molecular weight excluding hydrogens is 354 g/mol. The molecule has 0 saturated heterocycles. The molecule has 0 fully saturated rings. The number of halogens is 2. The van der Waals surface area contributed by atoms with Crippen molar-refractivity contribution in [1.82, 2.24) is 5.32 Å². The summed E-state index contributed by atoms with van der Waals surface area (Å²) in [5, 5.41) is 4.05. The maximum atomic E-state index is 5.90. The quantitative estimate of drug-likeness (QED) is 0.787. The molecule has 0 aliphatic carbocycles. The summed E-state index contributed by atoms with van der Waals surface area (Å²) in [7, 11) is 0. The van der Waals surface area contributed by atoms with Crippen molar-refractivity contribution in [2.75, 3.05) is 0 Å². The van der Waals surface area contributed by atoms with Crippen LogP contribution in [0.2, 0.25) is 5.02 Å². The van der Waals surface area contributed by atoms with Crippen molar-refractivity contribution in [3.8, 4) is 5.75 Å². The molecule has 3 nitrogen and oxygen atoms in total. The fraction of sp³-hybridized carbons (Fsp3) is 0.375. The van der Waals surface area contributed by atoms with Crippen molar-refractivity contribution < 1.29 is 9.15 Å². The molecular formula is C16H19BrClNO2. The van der Waals surface area contributed by atoms with Gasteiger partial charge in [0.2, 0.25) is 0 Å². The second kappa shape index (κ2) is 6.86. The van der Waals surface area contributed by atoms with E-state index < -0.39 is 0 Å². The molecule has 0 amide bonds. The molecule has 21 heavy (non-hydrogen) atoms. The van der Waals surface area contributed by atoms with Crippen LogP contribution in [-0.2, 0) is 13.2 Å². The van der Waals surface area contributed by atoms with Gasteiger partial charge in [-0.05, 0) is 67.0 Å². The maximum absolute atomic E-state index is 5.90. The summed E-state index contributed by atoms with van der Waals surface area (Å²) in [5.41, 5.74) is 0.0671. The summed E-state index contributed by atoms with van der Waals surface area (Å²) in [5.74, 6) is 2.44. The minimum absolute atomic E-state index is 0.0671. The van der Waals surface area contributed by atoms with Crippen LogP contribution in [0, 0.1) is 0 Å². The Morgan fingerprint density at radius 1 is 1.19 bits per heavy atom. The Morgan fingerprint density at radius 2 is 1.90 bits per heavy atom. The first-order valence-corrected chi connectivity index (χ1v) is 7.91. The van der Waals surface area contributed by atoms with E-state index in [0.717, 1.165) is 21.7 Å². The summed E-state index contributed by atoms with van der Waals surface area (Å²) in [4.78, 5) is 0. The zero-order chi connectivity index (χ0) is 15.5. The van der Waals surface area contributed by atoms with Gasteiger partial charge in [0.25, 0.3) is 0 Å². The monoisotopic (exact) mass is 371 g/mol.